The summed E-state index contributed by atoms with van der Waals surface area (Å²) in [4.78, 5) is 10.3. The van der Waals surface area contributed by atoms with E-state index in [4.69, 9.17) is 16.7 Å². The maximum absolute atomic E-state index is 13.1. The van der Waals surface area contributed by atoms with Crippen LogP contribution in [0.5, 0.6) is 0 Å². The molecule has 0 heterocycles. The van der Waals surface area contributed by atoms with Crippen LogP contribution in [0.3, 0.4) is 0 Å². The minimum Gasteiger partial charge on any atom is -0.481 e. The first-order valence-electron chi connectivity index (χ1n) is 4.36. The minimum absolute atomic E-state index is 0.0600. The van der Waals surface area contributed by atoms with E-state index in [1.165, 1.54) is 6.07 Å². The van der Waals surface area contributed by atoms with E-state index in [0.717, 1.165) is 0 Å². The quantitative estimate of drug-likeness (QED) is 0.861. The van der Waals surface area contributed by atoms with E-state index in [1.807, 2.05) is 0 Å². The molecule has 1 N–H and O–H groups in total. The lowest BCUT2D eigenvalue weighted by molar-refractivity contribution is -0.137. The Morgan fingerprint density at radius 1 is 1.53 bits per heavy atom. The summed E-state index contributed by atoms with van der Waals surface area (Å²) in [6, 6.07) is 2.98. The van der Waals surface area contributed by atoms with Crippen molar-refractivity contribution in [3.63, 3.8) is 0 Å². The van der Waals surface area contributed by atoms with Gasteiger partial charge in [0.1, 0.15) is 5.82 Å². The van der Waals surface area contributed by atoms with Gasteiger partial charge < -0.3 is 5.11 Å². The summed E-state index contributed by atoms with van der Waals surface area (Å²) >= 11 is 8.89. The highest BCUT2D eigenvalue weighted by atomic mass is 79.9. The van der Waals surface area contributed by atoms with Crippen molar-refractivity contribution < 1.29 is 14.3 Å². The highest BCUT2D eigenvalue weighted by Gasteiger charge is 2.08. The molecular weight excluding hydrogens is 286 g/mol. The fraction of sp³-hybridized carbons (Fsp3) is 0.300. The first-order valence-corrected chi connectivity index (χ1v) is 5.53. The van der Waals surface area contributed by atoms with Crippen molar-refractivity contribution in [2.75, 3.05) is 0 Å². The van der Waals surface area contributed by atoms with Crippen LogP contribution >= 0.6 is 27.5 Å². The number of carboxylic acid groups (broad SMARTS) is 1. The van der Waals surface area contributed by atoms with E-state index in [2.05, 4.69) is 15.9 Å². The van der Waals surface area contributed by atoms with Gasteiger partial charge in [-0.1, -0.05) is 27.5 Å². The van der Waals surface area contributed by atoms with Crippen molar-refractivity contribution >= 4 is 33.5 Å². The van der Waals surface area contributed by atoms with Crippen molar-refractivity contribution in [1.82, 2.24) is 0 Å². The molecule has 0 radical (unpaired) electrons. The Hall–Kier alpha value is -0.610. The smallest absolute Gasteiger partial charge is 0.303 e. The van der Waals surface area contributed by atoms with Crippen molar-refractivity contribution in [3.8, 4) is 0 Å². The Bertz CT molecular complexity index is 382. The maximum Gasteiger partial charge on any atom is 0.303 e. The van der Waals surface area contributed by atoms with Crippen LogP contribution in [-0.4, -0.2) is 11.1 Å². The molecule has 0 spiro atoms. The highest BCUT2D eigenvalue weighted by Crippen LogP contribution is 2.26. The molecule has 0 amide bonds. The van der Waals surface area contributed by atoms with E-state index >= 15 is 0 Å². The molecule has 82 valence electrons. The van der Waals surface area contributed by atoms with Crippen molar-refractivity contribution in [2.24, 2.45) is 0 Å². The van der Waals surface area contributed by atoms with Gasteiger partial charge in [-0.05, 0) is 30.5 Å². The third kappa shape index (κ3) is 3.80. The average Bonchev–Trinajstić information content (AvgIpc) is 2.12. The Kier molecular flexibility index (Phi) is 4.54. The lowest BCUT2D eigenvalue weighted by atomic mass is 10.1. The van der Waals surface area contributed by atoms with Crippen LogP contribution in [0.15, 0.2) is 16.6 Å². The van der Waals surface area contributed by atoms with Gasteiger partial charge in [0.25, 0.3) is 0 Å². The maximum atomic E-state index is 13.1. The molecule has 1 aromatic rings. The number of aryl methyl sites for hydroxylation is 1. The van der Waals surface area contributed by atoms with Crippen molar-refractivity contribution in [3.05, 3.63) is 33.0 Å². The summed E-state index contributed by atoms with van der Waals surface area (Å²) in [5.41, 5.74) is 0.629. The minimum atomic E-state index is -0.860. The molecule has 0 bridgehead atoms. The summed E-state index contributed by atoms with van der Waals surface area (Å²) in [6.45, 7) is 0. The topological polar surface area (TPSA) is 37.3 Å². The largest absolute Gasteiger partial charge is 0.481 e. The molecule has 0 aliphatic carbocycles. The number of aliphatic carboxylic acids is 1. The second-order valence-electron chi connectivity index (χ2n) is 3.11. The van der Waals surface area contributed by atoms with Crippen LogP contribution < -0.4 is 0 Å². The SMILES string of the molecule is O=C(O)CCCc1cc(Br)cc(F)c1Cl. The molecule has 0 unspecified atom stereocenters. The summed E-state index contributed by atoms with van der Waals surface area (Å²) < 4.78 is 13.8. The Morgan fingerprint density at radius 2 is 2.20 bits per heavy atom. The van der Waals surface area contributed by atoms with Crippen LogP contribution in [0.25, 0.3) is 0 Å². The number of hydrogen-bond acceptors (Lipinski definition) is 1. The third-order valence-electron chi connectivity index (χ3n) is 1.91. The zero-order valence-corrected chi connectivity index (χ0v) is 10.1. The van der Waals surface area contributed by atoms with Gasteiger partial charge in [-0.25, -0.2) is 4.39 Å². The van der Waals surface area contributed by atoms with Gasteiger partial charge in [-0.3, -0.25) is 4.79 Å². The standard InChI is InChI=1S/C10H9BrClFO2/c11-7-4-6(2-1-3-9(14)15)10(12)8(13)5-7/h4-5H,1-3H2,(H,14,15). The number of rotatable bonds is 4. The number of carbonyl (C=O) groups is 1. The molecule has 1 rings (SSSR count). The third-order valence-corrected chi connectivity index (χ3v) is 2.79. The lowest BCUT2D eigenvalue weighted by Crippen LogP contribution is -1.97. The van der Waals surface area contributed by atoms with Crippen LogP contribution in [0, 0.1) is 5.82 Å². The molecule has 0 atom stereocenters. The van der Waals surface area contributed by atoms with E-state index in [-0.39, 0.29) is 11.4 Å². The summed E-state index contributed by atoms with van der Waals surface area (Å²) in [6.07, 6.45) is 0.969. The molecule has 2 nitrogen and oxygen atoms in total. The van der Waals surface area contributed by atoms with E-state index < -0.39 is 11.8 Å². The van der Waals surface area contributed by atoms with Gasteiger partial charge in [0.05, 0.1) is 5.02 Å². The lowest BCUT2D eigenvalue weighted by Gasteiger charge is -2.05. The van der Waals surface area contributed by atoms with Gasteiger partial charge in [-0.15, -0.1) is 0 Å². The highest BCUT2D eigenvalue weighted by molar-refractivity contribution is 9.10. The number of hydrogen-bond donors (Lipinski definition) is 1. The van der Waals surface area contributed by atoms with Gasteiger partial charge in [0.15, 0.2) is 0 Å². The monoisotopic (exact) mass is 294 g/mol. The first-order chi connectivity index (χ1) is 7.00. The number of carboxylic acids is 1. The second-order valence-corrected chi connectivity index (χ2v) is 4.40. The molecule has 0 saturated carbocycles. The molecular formula is C10H9BrClFO2. The molecule has 15 heavy (non-hydrogen) atoms. The number of halogens is 3. The molecule has 1 aromatic carbocycles. The zero-order chi connectivity index (χ0) is 11.4. The Labute approximate surface area is 100 Å². The van der Waals surface area contributed by atoms with Gasteiger partial charge in [0, 0.05) is 10.9 Å². The fourth-order valence-electron chi connectivity index (χ4n) is 1.22. The predicted octanol–water partition coefficient (Wildman–Crippen LogP) is 3.65. The van der Waals surface area contributed by atoms with E-state index in [9.17, 15) is 9.18 Å². The van der Waals surface area contributed by atoms with E-state index in [0.29, 0.717) is 22.9 Å². The Balaban J connectivity index is 2.72. The molecule has 0 aliphatic heterocycles. The Morgan fingerprint density at radius 3 is 2.80 bits per heavy atom. The molecule has 0 fully saturated rings. The summed E-state index contributed by atoms with van der Waals surface area (Å²) in [5, 5.41) is 8.53. The fourth-order valence-corrected chi connectivity index (χ4v) is 1.90. The number of benzene rings is 1. The van der Waals surface area contributed by atoms with Crippen LogP contribution in [0.2, 0.25) is 5.02 Å². The van der Waals surface area contributed by atoms with Crippen LogP contribution in [-0.2, 0) is 11.2 Å². The molecule has 5 heteroatoms. The summed E-state index contributed by atoms with van der Waals surface area (Å²) in [5.74, 6) is -1.35. The van der Waals surface area contributed by atoms with Gasteiger partial charge in [0.2, 0.25) is 0 Å². The predicted molar refractivity (Wildman–Crippen MR) is 59.7 cm³/mol. The normalized spacial score (nSPS) is 10.3. The zero-order valence-electron chi connectivity index (χ0n) is 7.77. The van der Waals surface area contributed by atoms with Crippen LogP contribution in [0.4, 0.5) is 4.39 Å². The molecule has 0 saturated heterocycles. The first kappa shape index (κ1) is 12.5. The molecule has 0 aromatic heterocycles. The summed E-state index contributed by atoms with van der Waals surface area (Å²) in [7, 11) is 0. The van der Waals surface area contributed by atoms with Crippen LogP contribution in [0.1, 0.15) is 18.4 Å². The molecule has 0 aliphatic rings. The van der Waals surface area contributed by atoms with Gasteiger partial charge in [-0.2, -0.15) is 0 Å². The average molecular weight is 296 g/mol. The van der Waals surface area contributed by atoms with Crippen molar-refractivity contribution in [2.45, 2.75) is 19.3 Å². The van der Waals surface area contributed by atoms with E-state index in [1.54, 1.807) is 6.07 Å². The van der Waals surface area contributed by atoms with Crippen molar-refractivity contribution in [1.29, 1.82) is 0 Å². The van der Waals surface area contributed by atoms with Gasteiger partial charge >= 0.3 is 5.97 Å². The second kappa shape index (κ2) is 5.47.